The molecule has 1 aromatic rings. The third-order valence-corrected chi connectivity index (χ3v) is 5.08. The second kappa shape index (κ2) is 5.24. The topological polar surface area (TPSA) is 21.3 Å². The van der Waals surface area contributed by atoms with E-state index in [9.17, 15) is 0 Å². The Balaban J connectivity index is 1.67. The van der Waals surface area contributed by atoms with Crippen molar-refractivity contribution in [3.63, 3.8) is 0 Å². The maximum Gasteiger partial charge on any atom is 0.0779 e. The molecular weight excluding hydrogens is 242 g/mol. The van der Waals surface area contributed by atoms with Gasteiger partial charge in [0.1, 0.15) is 0 Å². The molecule has 2 aliphatic heterocycles. The molecule has 2 unspecified atom stereocenters. The van der Waals surface area contributed by atoms with Crippen LogP contribution >= 0.6 is 11.8 Å². The summed E-state index contributed by atoms with van der Waals surface area (Å²) in [7, 11) is 0. The number of ether oxygens (including phenoxy) is 1. The molecule has 2 nitrogen and oxygen atoms in total. The van der Waals surface area contributed by atoms with Gasteiger partial charge in [-0.25, -0.2) is 0 Å². The van der Waals surface area contributed by atoms with Gasteiger partial charge >= 0.3 is 0 Å². The number of hydrogen-bond donors (Lipinski definition) is 1. The van der Waals surface area contributed by atoms with Gasteiger partial charge in [0, 0.05) is 30.7 Å². The third-order valence-electron chi connectivity index (χ3n) is 4.00. The molecule has 0 amide bonds. The van der Waals surface area contributed by atoms with E-state index in [4.69, 9.17) is 4.74 Å². The minimum atomic E-state index is 0.0526. The van der Waals surface area contributed by atoms with Crippen molar-refractivity contribution in [1.82, 2.24) is 5.32 Å². The van der Waals surface area contributed by atoms with Crippen LogP contribution in [0.2, 0.25) is 0 Å². The van der Waals surface area contributed by atoms with Crippen molar-refractivity contribution in [1.29, 1.82) is 0 Å². The maximum atomic E-state index is 5.85. The van der Waals surface area contributed by atoms with E-state index in [0.717, 1.165) is 18.9 Å². The molecule has 0 spiro atoms. The highest BCUT2D eigenvalue weighted by Gasteiger charge is 2.31. The minimum Gasteiger partial charge on any atom is -0.374 e. The average Bonchev–Trinajstić information content (AvgIpc) is 2.84. The van der Waals surface area contributed by atoms with Gasteiger partial charge in [-0.2, -0.15) is 11.8 Å². The Morgan fingerprint density at radius 3 is 3.17 bits per heavy atom. The second-order valence-corrected chi connectivity index (χ2v) is 6.58. The van der Waals surface area contributed by atoms with Gasteiger partial charge in [0.25, 0.3) is 0 Å². The summed E-state index contributed by atoms with van der Waals surface area (Å²) >= 11 is 2.02. The highest BCUT2D eigenvalue weighted by molar-refractivity contribution is 7.98. The summed E-state index contributed by atoms with van der Waals surface area (Å²) in [6.07, 6.45) is 2.38. The van der Waals surface area contributed by atoms with Crippen LogP contribution < -0.4 is 5.32 Å². The zero-order chi connectivity index (χ0) is 12.4. The SMILES string of the molecule is CC1(CNC2CSCc3ccccc32)CCCO1. The normalized spacial score (nSPS) is 31.3. The van der Waals surface area contributed by atoms with Crippen molar-refractivity contribution in [2.24, 2.45) is 0 Å². The van der Waals surface area contributed by atoms with Gasteiger partial charge in [0.2, 0.25) is 0 Å². The number of nitrogens with one attached hydrogen (secondary N) is 1. The van der Waals surface area contributed by atoms with Crippen molar-refractivity contribution in [2.45, 2.75) is 37.2 Å². The van der Waals surface area contributed by atoms with Gasteiger partial charge in [0.15, 0.2) is 0 Å². The fourth-order valence-electron chi connectivity index (χ4n) is 2.87. The van der Waals surface area contributed by atoms with Crippen molar-refractivity contribution in [3.05, 3.63) is 35.4 Å². The lowest BCUT2D eigenvalue weighted by molar-refractivity contribution is 0.0192. The van der Waals surface area contributed by atoms with E-state index in [-0.39, 0.29) is 5.60 Å². The van der Waals surface area contributed by atoms with Gasteiger partial charge in [-0.05, 0) is 30.9 Å². The molecule has 2 atom stereocenters. The van der Waals surface area contributed by atoms with E-state index in [0.29, 0.717) is 6.04 Å². The van der Waals surface area contributed by atoms with Crippen LogP contribution in [0.5, 0.6) is 0 Å². The van der Waals surface area contributed by atoms with Crippen LogP contribution in [-0.4, -0.2) is 24.5 Å². The van der Waals surface area contributed by atoms with E-state index in [2.05, 4.69) is 36.5 Å². The monoisotopic (exact) mass is 263 g/mol. The van der Waals surface area contributed by atoms with Crippen LogP contribution in [0.1, 0.15) is 36.9 Å². The summed E-state index contributed by atoms with van der Waals surface area (Å²) < 4.78 is 5.85. The molecule has 0 aliphatic carbocycles. The van der Waals surface area contributed by atoms with Gasteiger partial charge in [-0.3, -0.25) is 0 Å². The molecule has 2 heterocycles. The van der Waals surface area contributed by atoms with Crippen molar-refractivity contribution < 1.29 is 4.74 Å². The molecule has 2 aliphatic rings. The fourth-order valence-corrected chi connectivity index (χ4v) is 4.00. The summed E-state index contributed by atoms with van der Waals surface area (Å²) in [6.45, 7) is 4.12. The van der Waals surface area contributed by atoms with Gasteiger partial charge in [-0.15, -0.1) is 0 Å². The van der Waals surface area contributed by atoms with Crippen LogP contribution in [0, 0.1) is 0 Å². The van der Waals surface area contributed by atoms with E-state index in [1.807, 2.05) is 11.8 Å². The molecule has 0 aromatic heterocycles. The van der Waals surface area contributed by atoms with Crippen LogP contribution in [0.3, 0.4) is 0 Å². The Morgan fingerprint density at radius 1 is 1.44 bits per heavy atom. The first-order valence-corrected chi connectivity index (χ1v) is 7.95. The molecule has 98 valence electrons. The lowest BCUT2D eigenvalue weighted by atomic mass is 9.99. The Hall–Kier alpha value is -0.510. The summed E-state index contributed by atoms with van der Waals surface area (Å²) in [5.41, 5.74) is 3.03. The molecule has 0 saturated carbocycles. The first-order valence-electron chi connectivity index (χ1n) is 6.80. The third kappa shape index (κ3) is 2.58. The smallest absolute Gasteiger partial charge is 0.0779 e. The number of rotatable bonds is 3. The standard InChI is InChI=1S/C15H21NOS/c1-15(7-4-8-17-15)11-16-14-10-18-9-12-5-2-3-6-13(12)14/h2-3,5-6,14,16H,4,7-11H2,1H3. The molecule has 3 rings (SSSR count). The Kier molecular flexibility index (Phi) is 3.64. The highest BCUT2D eigenvalue weighted by Crippen LogP contribution is 2.32. The summed E-state index contributed by atoms with van der Waals surface area (Å²) in [5.74, 6) is 2.33. The average molecular weight is 263 g/mol. The number of thioether (sulfide) groups is 1. The minimum absolute atomic E-state index is 0.0526. The van der Waals surface area contributed by atoms with E-state index in [1.54, 1.807) is 0 Å². The van der Waals surface area contributed by atoms with Crippen molar-refractivity contribution in [3.8, 4) is 0 Å². The van der Waals surface area contributed by atoms with Crippen LogP contribution in [0.25, 0.3) is 0 Å². The fraction of sp³-hybridized carbons (Fsp3) is 0.600. The lowest BCUT2D eigenvalue weighted by Gasteiger charge is -2.30. The summed E-state index contributed by atoms with van der Waals surface area (Å²) in [6, 6.07) is 9.30. The summed E-state index contributed by atoms with van der Waals surface area (Å²) in [4.78, 5) is 0. The van der Waals surface area contributed by atoms with Crippen LogP contribution in [-0.2, 0) is 10.5 Å². The molecule has 1 fully saturated rings. The first kappa shape index (κ1) is 12.5. The molecule has 18 heavy (non-hydrogen) atoms. The zero-order valence-electron chi connectivity index (χ0n) is 10.9. The largest absolute Gasteiger partial charge is 0.374 e. The molecule has 0 bridgehead atoms. The highest BCUT2D eigenvalue weighted by atomic mass is 32.2. The van der Waals surface area contributed by atoms with Gasteiger partial charge < -0.3 is 10.1 Å². The van der Waals surface area contributed by atoms with E-state index in [1.165, 1.54) is 29.7 Å². The molecule has 0 radical (unpaired) electrons. The number of hydrogen-bond acceptors (Lipinski definition) is 3. The molecule has 1 aromatic carbocycles. The Labute approximate surface area is 113 Å². The Bertz CT molecular complexity index is 415. The molecular formula is C15H21NOS. The van der Waals surface area contributed by atoms with E-state index >= 15 is 0 Å². The molecule has 1 saturated heterocycles. The van der Waals surface area contributed by atoms with Gasteiger partial charge in [0.05, 0.1) is 5.60 Å². The zero-order valence-corrected chi connectivity index (χ0v) is 11.8. The Morgan fingerprint density at radius 2 is 2.33 bits per heavy atom. The molecule has 1 N–H and O–H groups in total. The predicted molar refractivity (Wildman–Crippen MR) is 76.9 cm³/mol. The second-order valence-electron chi connectivity index (χ2n) is 5.55. The predicted octanol–water partition coefficient (Wildman–Crippen LogP) is 3.13. The van der Waals surface area contributed by atoms with Crippen molar-refractivity contribution in [2.75, 3.05) is 18.9 Å². The number of benzene rings is 1. The van der Waals surface area contributed by atoms with E-state index < -0.39 is 0 Å². The maximum absolute atomic E-state index is 5.85. The van der Waals surface area contributed by atoms with Crippen LogP contribution in [0.4, 0.5) is 0 Å². The van der Waals surface area contributed by atoms with Gasteiger partial charge in [-0.1, -0.05) is 24.3 Å². The molecule has 3 heteroatoms. The first-order chi connectivity index (χ1) is 8.77. The number of fused-ring (bicyclic) bond motifs is 1. The van der Waals surface area contributed by atoms with Crippen LogP contribution in [0.15, 0.2) is 24.3 Å². The lowest BCUT2D eigenvalue weighted by Crippen LogP contribution is -2.40. The van der Waals surface area contributed by atoms with Crippen molar-refractivity contribution >= 4 is 11.8 Å². The quantitative estimate of drug-likeness (QED) is 0.905. The summed E-state index contributed by atoms with van der Waals surface area (Å²) in [5, 5.41) is 3.71.